The van der Waals surface area contributed by atoms with E-state index in [2.05, 4.69) is 15.3 Å². The molecule has 0 aliphatic heterocycles. The zero-order valence-electron chi connectivity index (χ0n) is 10.4. The average molecular weight is 269 g/mol. The van der Waals surface area contributed by atoms with Gasteiger partial charge in [-0.05, 0) is 12.6 Å². The van der Waals surface area contributed by atoms with Crippen molar-refractivity contribution in [2.24, 2.45) is 0 Å². The number of nitrogens with zero attached hydrogens (tertiary/aromatic N) is 1. The molecule has 1 atom stereocenters. The van der Waals surface area contributed by atoms with E-state index in [-0.39, 0.29) is 5.56 Å². The molecule has 2 aromatic rings. The number of aromatic nitrogens is 2. The van der Waals surface area contributed by atoms with Crippen molar-refractivity contribution >= 4 is 0 Å². The summed E-state index contributed by atoms with van der Waals surface area (Å²) in [5, 5.41) is 3.04. The van der Waals surface area contributed by atoms with Crippen LogP contribution in [-0.4, -0.2) is 16.5 Å². The van der Waals surface area contributed by atoms with Crippen LogP contribution in [0.5, 0.6) is 0 Å². The molecule has 1 unspecified atom stereocenters. The summed E-state index contributed by atoms with van der Waals surface area (Å²) in [6.07, 6.45) is 3.60. The fraction of sp³-hybridized carbons (Fsp3) is 0.308. The minimum atomic E-state index is -1.44. The zero-order chi connectivity index (χ0) is 13.8. The number of likely N-dealkylation sites (N-methyl/N-ethyl adjacent to an activating group) is 1. The van der Waals surface area contributed by atoms with Gasteiger partial charge in [0.15, 0.2) is 17.5 Å². The van der Waals surface area contributed by atoms with Gasteiger partial charge in [-0.2, -0.15) is 0 Å². The van der Waals surface area contributed by atoms with Gasteiger partial charge in [-0.15, -0.1) is 0 Å². The maximum absolute atomic E-state index is 13.8. The molecule has 0 aliphatic rings. The van der Waals surface area contributed by atoms with Crippen LogP contribution in [0.3, 0.4) is 0 Å². The molecule has 19 heavy (non-hydrogen) atoms. The Hall–Kier alpha value is -1.82. The zero-order valence-corrected chi connectivity index (χ0v) is 10.4. The predicted molar refractivity (Wildman–Crippen MR) is 65.0 cm³/mol. The maximum atomic E-state index is 13.8. The van der Waals surface area contributed by atoms with Crippen LogP contribution in [0.25, 0.3) is 0 Å². The lowest BCUT2D eigenvalue weighted by molar-refractivity contribution is 0.423. The van der Waals surface area contributed by atoms with Crippen molar-refractivity contribution in [2.75, 3.05) is 6.54 Å². The number of halogens is 3. The highest BCUT2D eigenvalue weighted by Crippen LogP contribution is 2.23. The fourth-order valence-corrected chi connectivity index (χ4v) is 1.95. The smallest absolute Gasteiger partial charge is 0.194 e. The van der Waals surface area contributed by atoms with E-state index in [1.165, 1.54) is 6.07 Å². The highest BCUT2D eigenvalue weighted by molar-refractivity contribution is 5.24. The molecule has 2 rings (SSSR count). The summed E-state index contributed by atoms with van der Waals surface area (Å²) >= 11 is 0. The molecule has 2 N–H and O–H groups in total. The van der Waals surface area contributed by atoms with E-state index in [4.69, 9.17) is 0 Å². The van der Waals surface area contributed by atoms with Gasteiger partial charge in [0, 0.05) is 30.4 Å². The van der Waals surface area contributed by atoms with Gasteiger partial charge in [0.25, 0.3) is 0 Å². The third kappa shape index (κ3) is 2.96. The van der Waals surface area contributed by atoms with Crippen molar-refractivity contribution < 1.29 is 13.2 Å². The van der Waals surface area contributed by atoms with Crippen molar-refractivity contribution in [3.63, 3.8) is 0 Å². The molecule has 1 aromatic carbocycles. The maximum Gasteiger partial charge on any atom is 0.194 e. The third-order valence-corrected chi connectivity index (χ3v) is 2.84. The van der Waals surface area contributed by atoms with Gasteiger partial charge in [0.2, 0.25) is 0 Å². The minimum Gasteiger partial charge on any atom is -0.349 e. The van der Waals surface area contributed by atoms with Gasteiger partial charge >= 0.3 is 0 Å². The average Bonchev–Trinajstić information content (AvgIpc) is 2.89. The first kappa shape index (κ1) is 13.6. The fourth-order valence-electron chi connectivity index (χ4n) is 1.95. The van der Waals surface area contributed by atoms with Crippen LogP contribution < -0.4 is 5.32 Å². The van der Waals surface area contributed by atoms with E-state index >= 15 is 0 Å². The van der Waals surface area contributed by atoms with Crippen LogP contribution in [0.4, 0.5) is 13.2 Å². The van der Waals surface area contributed by atoms with Gasteiger partial charge in [-0.3, -0.25) is 0 Å². The third-order valence-electron chi connectivity index (χ3n) is 2.84. The summed E-state index contributed by atoms with van der Waals surface area (Å²) in [7, 11) is 0. The van der Waals surface area contributed by atoms with E-state index in [0.717, 1.165) is 6.07 Å². The predicted octanol–water partition coefficient (Wildman–Crippen LogP) is 2.72. The molecule has 1 aromatic heterocycles. The van der Waals surface area contributed by atoms with Crippen molar-refractivity contribution in [2.45, 2.75) is 19.4 Å². The number of imidazole rings is 1. The second-order valence-corrected chi connectivity index (χ2v) is 4.11. The van der Waals surface area contributed by atoms with Crippen LogP contribution in [-0.2, 0) is 6.42 Å². The Balaban J connectivity index is 2.31. The summed E-state index contributed by atoms with van der Waals surface area (Å²) in [4.78, 5) is 6.95. The van der Waals surface area contributed by atoms with Crippen LogP contribution in [0.1, 0.15) is 24.4 Å². The molecule has 6 heteroatoms. The Bertz CT molecular complexity index is 540. The van der Waals surface area contributed by atoms with Crippen molar-refractivity contribution in [3.8, 4) is 0 Å². The van der Waals surface area contributed by atoms with Gasteiger partial charge < -0.3 is 10.3 Å². The Kier molecular flexibility index (Phi) is 4.21. The van der Waals surface area contributed by atoms with Crippen LogP contribution >= 0.6 is 0 Å². The van der Waals surface area contributed by atoms with Crippen molar-refractivity contribution in [1.82, 2.24) is 15.3 Å². The Morgan fingerprint density at radius 1 is 1.26 bits per heavy atom. The lowest BCUT2D eigenvalue weighted by Gasteiger charge is -2.18. The second-order valence-electron chi connectivity index (χ2n) is 4.11. The highest BCUT2D eigenvalue weighted by atomic mass is 19.2. The molecule has 0 amide bonds. The number of H-pyrrole nitrogens is 1. The van der Waals surface area contributed by atoms with Crippen molar-refractivity contribution in [1.29, 1.82) is 0 Å². The lowest BCUT2D eigenvalue weighted by atomic mass is 10.0. The number of aromatic amines is 1. The molecule has 102 valence electrons. The largest absolute Gasteiger partial charge is 0.349 e. The normalized spacial score (nSPS) is 12.6. The number of nitrogens with one attached hydrogen (secondary N) is 2. The SMILES string of the molecule is CCNC(Cc1ncc[nH]1)c1ccc(F)c(F)c1F. The second kappa shape index (κ2) is 5.88. The monoisotopic (exact) mass is 269 g/mol. The van der Waals surface area contributed by atoms with E-state index in [1.54, 1.807) is 12.4 Å². The summed E-state index contributed by atoms with van der Waals surface area (Å²) in [5.74, 6) is -3.14. The molecule has 0 aliphatic carbocycles. The van der Waals surface area contributed by atoms with E-state index < -0.39 is 23.5 Å². The van der Waals surface area contributed by atoms with Crippen LogP contribution in [0, 0.1) is 17.5 Å². The van der Waals surface area contributed by atoms with Gasteiger partial charge in [-0.25, -0.2) is 18.2 Å². The first-order chi connectivity index (χ1) is 9.13. The molecule has 0 bridgehead atoms. The van der Waals surface area contributed by atoms with Gasteiger partial charge in [0.1, 0.15) is 5.82 Å². The number of benzene rings is 1. The standard InChI is InChI=1S/C13H14F3N3/c1-2-17-10(7-11-18-5-6-19-11)8-3-4-9(14)13(16)12(8)15/h3-6,10,17H,2,7H2,1H3,(H,18,19). The molecule has 0 saturated heterocycles. The van der Waals surface area contributed by atoms with Crippen LogP contribution in [0.2, 0.25) is 0 Å². The molecule has 0 fully saturated rings. The van der Waals surface area contributed by atoms with Crippen LogP contribution in [0.15, 0.2) is 24.5 Å². The minimum absolute atomic E-state index is 0.0946. The topological polar surface area (TPSA) is 40.7 Å². The number of rotatable bonds is 5. The van der Waals surface area contributed by atoms with E-state index in [0.29, 0.717) is 18.8 Å². The first-order valence-electron chi connectivity index (χ1n) is 5.98. The molecular weight excluding hydrogens is 255 g/mol. The molecule has 1 heterocycles. The highest BCUT2D eigenvalue weighted by Gasteiger charge is 2.21. The molecule has 0 saturated carbocycles. The summed E-state index contributed by atoms with van der Waals surface area (Å²) in [6, 6.07) is 1.72. The molecule has 3 nitrogen and oxygen atoms in total. The molecular formula is C13H14F3N3. The van der Waals surface area contributed by atoms with E-state index in [9.17, 15) is 13.2 Å². The summed E-state index contributed by atoms with van der Waals surface area (Å²) < 4.78 is 40.0. The molecule has 0 spiro atoms. The number of hydrogen-bond acceptors (Lipinski definition) is 2. The quantitative estimate of drug-likeness (QED) is 0.819. The Labute approximate surface area is 108 Å². The first-order valence-corrected chi connectivity index (χ1v) is 5.98. The lowest BCUT2D eigenvalue weighted by Crippen LogP contribution is -2.25. The van der Waals surface area contributed by atoms with E-state index in [1.807, 2.05) is 6.92 Å². The molecule has 0 radical (unpaired) electrons. The Morgan fingerprint density at radius 3 is 2.68 bits per heavy atom. The van der Waals surface area contributed by atoms with Gasteiger partial charge in [-0.1, -0.05) is 13.0 Å². The van der Waals surface area contributed by atoms with Gasteiger partial charge in [0.05, 0.1) is 0 Å². The summed E-state index contributed by atoms with van der Waals surface area (Å²) in [5.41, 5.74) is 0.0946. The van der Waals surface area contributed by atoms with Crippen molar-refractivity contribution in [3.05, 3.63) is 53.4 Å². The Morgan fingerprint density at radius 2 is 2.05 bits per heavy atom. The summed E-state index contributed by atoms with van der Waals surface area (Å²) in [6.45, 7) is 2.43. The number of hydrogen-bond donors (Lipinski definition) is 2.